The summed E-state index contributed by atoms with van der Waals surface area (Å²) in [6.07, 6.45) is 1.42. The zero-order valence-corrected chi connectivity index (χ0v) is 12.9. The Morgan fingerprint density at radius 2 is 2.10 bits per heavy atom. The van der Waals surface area contributed by atoms with Crippen LogP contribution in [0.5, 0.6) is 11.6 Å². The number of aromatic nitrogens is 2. The van der Waals surface area contributed by atoms with E-state index in [1.807, 2.05) is 20.8 Å². The van der Waals surface area contributed by atoms with E-state index in [-0.39, 0.29) is 10.9 Å². The largest absolute Gasteiger partial charge is 0.438 e. The quantitative estimate of drug-likeness (QED) is 0.875. The van der Waals surface area contributed by atoms with Gasteiger partial charge in [0.2, 0.25) is 5.88 Å². The lowest BCUT2D eigenvalue weighted by molar-refractivity contribution is 0.447. The molecule has 112 valence electrons. The van der Waals surface area contributed by atoms with E-state index in [0.29, 0.717) is 11.6 Å². The van der Waals surface area contributed by atoms with Crippen LogP contribution in [0.2, 0.25) is 5.02 Å². The van der Waals surface area contributed by atoms with Crippen molar-refractivity contribution in [2.75, 3.05) is 11.9 Å². The number of anilines is 1. The summed E-state index contributed by atoms with van der Waals surface area (Å²) < 4.78 is 19.2. The number of ether oxygens (including phenoxy) is 1. The van der Waals surface area contributed by atoms with Crippen LogP contribution in [0.1, 0.15) is 32.3 Å². The average Bonchev–Trinajstić information content (AvgIpc) is 2.43. The van der Waals surface area contributed by atoms with E-state index in [4.69, 9.17) is 16.3 Å². The molecule has 21 heavy (non-hydrogen) atoms. The third-order valence-electron chi connectivity index (χ3n) is 2.87. The third kappa shape index (κ3) is 3.61. The highest BCUT2D eigenvalue weighted by atomic mass is 35.5. The molecule has 0 unspecified atom stereocenters. The van der Waals surface area contributed by atoms with Crippen molar-refractivity contribution in [2.45, 2.75) is 26.7 Å². The monoisotopic (exact) mass is 309 g/mol. The molecule has 6 heteroatoms. The van der Waals surface area contributed by atoms with Gasteiger partial charge in [0.05, 0.1) is 10.6 Å². The summed E-state index contributed by atoms with van der Waals surface area (Å²) in [6.45, 7) is 6.77. The Morgan fingerprint density at radius 3 is 2.71 bits per heavy atom. The van der Waals surface area contributed by atoms with Crippen LogP contribution in [-0.4, -0.2) is 16.5 Å². The van der Waals surface area contributed by atoms with Crippen molar-refractivity contribution in [1.29, 1.82) is 0 Å². The van der Waals surface area contributed by atoms with Crippen LogP contribution in [0, 0.1) is 5.82 Å². The van der Waals surface area contributed by atoms with Crippen molar-refractivity contribution in [3.05, 3.63) is 40.9 Å². The summed E-state index contributed by atoms with van der Waals surface area (Å²) in [5.74, 6) is 1.12. The van der Waals surface area contributed by atoms with Gasteiger partial charge >= 0.3 is 0 Å². The summed E-state index contributed by atoms with van der Waals surface area (Å²) in [5.41, 5.74) is 0.856. The molecule has 0 bridgehead atoms. The molecule has 0 saturated carbocycles. The molecule has 0 spiro atoms. The maximum Gasteiger partial charge on any atom is 0.227 e. The number of halogens is 2. The van der Waals surface area contributed by atoms with Crippen LogP contribution in [0.3, 0.4) is 0 Å². The molecule has 1 aromatic heterocycles. The topological polar surface area (TPSA) is 47.0 Å². The number of nitrogens with one attached hydrogen (secondary N) is 1. The number of hydrogen-bond donors (Lipinski definition) is 1. The van der Waals surface area contributed by atoms with Crippen molar-refractivity contribution < 1.29 is 9.13 Å². The predicted molar refractivity (Wildman–Crippen MR) is 81.8 cm³/mol. The Labute approximate surface area is 128 Å². The van der Waals surface area contributed by atoms with Gasteiger partial charge in [-0.15, -0.1) is 0 Å². The van der Waals surface area contributed by atoms with E-state index >= 15 is 0 Å². The van der Waals surface area contributed by atoms with Gasteiger partial charge in [-0.2, -0.15) is 0 Å². The van der Waals surface area contributed by atoms with Crippen LogP contribution in [0.4, 0.5) is 10.2 Å². The van der Waals surface area contributed by atoms with Crippen molar-refractivity contribution in [3.8, 4) is 11.6 Å². The maximum absolute atomic E-state index is 13.5. The molecule has 1 aromatic carbocycles. The Morgan fingerprint density at radius 1 is 1.33 bits per heavy atom. The summed E-state index contributed by atoms with van der Waals surface area (Å²) in [7, 11) is 0. The number of rotatable bonds is 5. The lowest BCUT2D eigenvalue weighted by atomic mass is 10.1. The first-order chi connectivity index (χ1) is 10.0. The van der Waals surface area contributed by atoms with E-state index in [0.717, 1.165) is 17.9 Å². The maximum atomic E-state index is 13.5. The van der Waals surface area contributed by atoms with Gasteiger partial charge in [-0.3, -0.25) is 0 Å². The van der Waals surface area contributed by atoms with Gasteiger partial charge in [0.25, 0.3) is 0 Å². The van der Waals surface area contributed by atoms with Gasteiger partial charge in [-0.05, 0) is 25.0 Å². The molecule has 0 aliphatic rings. The smallest absolute Gasteiger partial charge is 0.227 e. The molecule has 1 heterocycles. The Kier molecular flexibility index (Phi) is 4.96. The summed E-state index contributed by atoms with van der Waals surface area (Å²) >= 11 is 5.67. The molecule has 0 atom stereocenters. The molecule has 0 saturated heterocycles. The average molecular weight is 310 g/mol. The second-order valence-corrected chi connectivity index (χ2v) is 5.21. The fourth-order valence-corrected chi connectivity index (χ4v) is 2.06. The molecule has 1 N–H and O–H groups in total. The normalized spacial score (nSPS) is 10.8. The highest BCUT2D eigenvalue weighted by Crippen LogP contribution is 2.33. The predicted octanol–water partition coefficient (Wildman–Crippen LogP) is 4.62. The van der Waals surface area contributed by atoms with Gasteiger partial charge < -0.3 is 10.1 Å². The molecule has 2 aromatic rings. The van der Waals surface area contributed by atoms with Crippen LogP contribution >= 0.6 is 11.6 Å². The Bertz CT molecular complexity index is 634. The van der Waals surface area contributed by atoms with E-state index in [9.17, 15) is 4.39 Å². The fourth-order valence-electron chi connectivity index (χ4n) is 1.94. The fraction of sp³-hybridized carbons (Fsp3) is 0.333. The molecular weight excluding hydrogens is 293 g/mol. The molecular formula is C15H17ClFN3O. The first-order valence-corrected chi connectivity index (χ1v) is 7.12. The first kappa shape index (κ1) is 15.5. The second kappa shape index (κ2) is 6.72. The summed E-state index contributed by atoms with van der Waals surface area (Å²) in [5, 5.41) is 3.24. The summed E-state index contributed by atoms with van der Waals surface area (Å²) in [6, 6.07) is 4.29. The van der Waals surface area contributed by atoms with Crippen molar-refractivity contribution in [2.24, 2.45) is 0 Å². The van der Waals surface area contributed by atoms with Gasteiger partial charge in [0.1, 0.15) is 23.7 Å². The van der Waals surface area contributed by atoms with Crippen LogP contribution in [0.15, 0.2) is 24.5 Å². The van der Waals surface area contributed by atoms with Crippen LogP contribution in [-0.2, 0) is 0 Å². The van der Waals surface area contributed by atoms with Crippen molar-refractivity contribution in [1.82, 2.24) is 9.97 Å². The van der Waals surface area contributed by atoms with Gasteiger partial charge in [0.15, 0.2) is 0 Å². The van der Waals surface area contributed by atoms with Gasteiger partial charge in [-0.25, -0.2) is 14.4 Å². The standard InChI is InChI=1S/C15H17ClFN3O/c1-4-18-14-13(9(2)3)15(20-8-19-14)21-10-5-6-11(16)12(17)7-10/h5-9H,4H2,1-3H3,(H,18,19,20). The van der Waals surface area contributed by atoms with E-state index in [1.54, 1.807) is 6.07 Å². The van der Waals surface area contributed by atoms with E-state index < -0.39 is 5.82 Å². The second-order valence-electron chi connectivity index (χ2n) is 4.80. The number of nitrogens with zero attached hydrogens (tertiary/aromatic N) is 2. The molecule has 4 nitrogen and oxygen atoms in total. The molecule has 2 rings (SSSR count). The van der Waals surface area contributed by atoms with Crippen LogP contribution in [0.25, 0.3) is 0 Å². The first-order valence-electron chi connectivity index (χ1n) is 6.74. The van der Waals surface area contributed by atoms with Crippen molar-refractivity contribution >= 4 is 17.4 Å². The lowest BCUT2D eigenvalue weighted by Crippen LogP contribution is -2.07. The minimum absolute atomic E-state index is 0.0578. The molecule has 0 amide bonds. The minimum atomic E-state index is -0.527. The minimum Gasteiger partial charge on any atom is -0.438 e. The third-order valence-corrected chi connectivity index (χ3v) is 3.18. The van der Waals surface area contributed by atoms with Crippen LogP contribution < -0.4 is 10.1 Å². The molecule has 0 aliphatic heterocycles. The molecule has 0 fully saturated rings. The molecule has 0 aliphatic carbocycles. The SMILES string of the molecule is CCNc1ncnc(Oc2ccc(Cl)c(F)c2)c1C(C)C. The van der Waals surface area contributed by atoms with Crippen molar-refractivity contribution in [3.63, 3.8) is 0 Å². The summed E-state index contributed by atoms with van der Waals surface area (Å²) in [4.78, 5) is 8.39. The highest BCUT2D eigenvalue weighted by Gasteiger charge is 2.17. The number of hydrogen-bond acceptors (Lipinski definition) is 4. The van der Waals surface area contributed by atoms with Gasteiger partial charge in [0, 0.05) is 12.6 Å². The van der Waals surface area contributed by atoms with E-state index in [1.165, 1.54) is 18.5 Å². The lowest BCUT2D eigenvalue weighted by Gasteiger charge is -2.16. The Balaban J connectivity index is 2.38. The highest BCUT2D eigenvalue weighted by molar-refractivity contribution is 6.30. The molecule has 0 radical (unpaired) electrons. The number of benzene rings is 1. The zero-order chi connectivity index (χ0) is 15.4. The Hall–Kier alpha value is -1.88. The van der Waals surface area contributed by atoms with Gasteiger partial charge in [-0.1, -0.05) is 25.4 Å². The zero-order valence-electron chi connectivity index (χ0n) is 12.2. The van der Waals surface area contributed by atoms with E-state index in [2.05, 4.69) is 15.3 Å².